The van der Waals surface area contributed by atoms with Gasteiger partial charge in [0.25, 0.3) is 5.91 Å². The van der Waals surface area contributed by atoms with E-state index in [0.29, 0.717) is 51.1 Å². The van der Waals surface area contributed by atoms with Gasteiger partial charge in [0.1, 0.15) is 22.9 Å². The Kier molecular flexibility index (Phi) is 7.23. The predicted molar refractivity (Wildman–Crippen MR) is 151 cm³/mol. The van der Waals surface area contributed by atoms with Crippen LogP contribution in [0.3, 0.4) is 0 Å². The van der Waals surface area contributed by atoms with Gasteiger partial charge in [-0.25, -0.2) is 0 Å². The van der Waals surface area contributed by atoms with Gasteiger partial charge in [-0.3, -0.25) is 14.3 Å². The Balaban J connectivity index is 1.38. The Morgan fingerprint density at radius 3 is 2.62 bits per heavy atom. The molecule has 6 heterocycles. The fourth-order valence-electron chi connectivity index (χ4n) is 5.45. The number of hydrogen-bond acceptors (Lipinski definition) is 5. The molecule has 0 radical (unpaired) electrons. The third-order valence-electron chi connectivity index (χ3n) is 7.53. The van der Waals surface area contributed by atoms with Crippen molar-refractivity contribution in [3.63, 3.8) is 0 Å². The van der Waals surface area contributed by atoms with Crippen molar-refractivity contribution < 1.29 is 19.1 Å². The van der Waals surface area contributed by atoms with E-state index in [0.717, 1.165) is 39.5 Å². The molecule has 9 rings (SSSR count). The summed E-state index contributed by atoms with van der Waals surface area (Å²) in [5.74, 6) is 2.18. The molecule has 8 heteroatoms. The predicted octanol–water partition coefficient (Wildman–Crippen LogP) is 4.83. The van der Waals surface area contributed by atoms with Crippen molar-refractivity contribution in [1.29, 1.82) is 0 Å². The molecule has 0 spiro atoms. The van der Waals surface area contributed by atoms with Gasteiger partial charge in [-0.2, -0.15) is 5.10 Å². The summed E-state index contributed by atoms with van der Waals surface area (Å²) in [5, 5.41) is 7.19. The SMILES string of the molecule is Cn1nccc1C(=O)N1CCc2cc3ccc2C1c1cccc(c1)OCCCNC(=O)CCc1ccc(cc1)O3. The standard InChI is InChI=1S/C32H32N4O4/c1-35-29(14-17-34-35)32(38)36-18-15-23-20-27-11-12-28(23)31(36)24-4-2-5-26(21-24)39-19-3-16-33-30(37)13-8-22-6-9-25(40-27)10-7-22/h2,4-7,9-12,14,17,20-21,31H,3,8,13,15-16,18-19H2,1H3,(H,33,37). The largest absolute Gasteiger partial charge is 0.494 e. The number of benzene rings is 3. The highest BCUT2D eigenvalue weighted by Gasteiger charge is 2.34. The molecule has 5 aliphatic heterocycles. The van der Waals surface area contributed by atoms with Crippen molar-refractivity contribution in [2.75, 3.05) is 19.7 Å². The summed E-state index contributed by atoms with van der Waals surface area (Å²) in [4.78, 5) is 28.0. The second kappa shape index (κ2) is 11.3. The summed E-state index contributed by atoms with van der Waals surface area (Å²) in [7, 11) is 1.79. The molecule has 204 valence electrons. The van der Waals surface area contributed by atoms with Crippen LogP contribution >= 0.6 is 0 Å². The average Bonchev–Trinajstić information content (AvgIpc) is 3.41. The molecule has 8 nitrogen and oxygen atoms in total. The summed E-state index contributed by atoms with van der Waals surface area (Å²) in [6, 6.07) is 23.4. The Morgan fingerprint density at radius 1 is 0.950 bits per heavy atom. The average molecular weight is 537 g/mol. The van der Waals surface area contributed by atoms with Crippen LogP contribution in [-0.4, -0.2) is 46.2 Å². The molecule has 1 N–H and O–H groups in total. The summed E-state index contributed by atoms with van der Waals surface area (Å²) in [5.41, 5.74) is 4.81. The molecule has 0 saturated carbocycles. The van der Waals surface area contributed by atoms with Gasteiger partial charge < -0.3 is 19.7 Å². The normalized spacial score (nSPS) is 17.4. The summed E-state index contributed by atoms with van der Waals surface area (Å²) < 4.78 is 13.9. The lowest BCUT2D eigenvalue weighted by Gasteiger charge is -2.38. The smallest absolute Gasteiger partial charge is 0.272 e. The van der Waals surface area contributed by atoms with E-state index < -0.39 is 0 Å². The molecule has 40 heavy (non-hydrogen) atoms. The monoisotopic (exact) mass is 536 g/mol. The molecule has 0 fully saturated rings. The van der Waals surface area contributed by atoms with Crippen molar-refractivity contribution in [2.45, 2.75) is 31.7 Å². The number of rotatable bonds is 1. The molecule has 4 aromatic rings. The molecule has 8 bridgehead atoms. The van der Waals surface area contributed by atoms with E-state index in [4.69, 9.17) is 9.47 Å². The van der Waals surface area contributed by atoms with E-state index in [1.165, 1.54) is 0 Å². The van der Waals surface area contributed by atoms with E-state index in [2.05, 4.69) is 22.5 Å². The van der Waals surface area contributed by atoms with Gasteiger partial charge in [0.05, 0.1) is 12.6 Å². The van der Waals surface area contributed by atoms with E-state index in [1.807, 2.05) is 59.5 Å². The maximum atomic E-state index is 13.8. The molecule has 5 aliphatic rings. The molecule has 0 saturated heterocycles. The second-order valence-electron chi connectivity index (χ2n) is 10.2. The summed E-state index contributed by atoms with van der Waals surface area (Å²) in [6.45, 7) is 1.59. The van der Waals surface area contributed by atoms with Gasteiger partial charge in [0.15, 0.2) is 0 Å². The number of ether oxygens (including phenoxy) is 2. The first-order valence-electron chi connectivity index (χ1n) is 13.7. The van der Waals surface area contributed by atoms with Gasteiger partial charge in [0, 0.05) is 32.8 Å². The zero-order valence-electron chi connectivity index (χ0n) is 22.5. The number of carbonyl (C=O) groups excluding carboxylic acids is 2. The molecular weight excluding hydrogens is 504 g/mol. The zero-order valence-corrected chi connectivity index (χ0v) is 22.5. The van der Waals surface area contributed by atoms with Crippen LogP contribution in [0.1, 0.15) is 51.6 Å². The summed E-state index contributed by atoms with van der Waals surface area (Å²) in [6.07, 6.45) is 4.16. The number of hydrogen-bond donors (Lipinski definition) is 1. The molecule has 0 aliphatic carbocycles. The fourth-order valence-corrected chi connectivity index (χ4v) is 5.45. The highest BCUT2D eigenvalue weighted by Crippen LogP contribution is 2.39. The number of aryl methyl sites for hydroxylation is 2. The van der Waals surface area contributed by atoms with E-state index in [9.17, 15) is 9.59 Å². The van der Waals surface area contributed by atoms with Crippen LogP contribution in [0.2, 0.25) is 0 Å². The van der Waals surface area contributed by atoms with Crippen LogP contribution in [0.5, 0.6) is 17.2 Å². The number of nitrogens with one attached hydrogen (secondary N) is 1. The second-order valence-corrected chi connectivity index (χ2v) is 10.2. The first-order chi connectivity index (χ1) is 19.5. The minimum atomic E-state index is -0.295. The van der Waals surface area contributed by atoms with Crippen molar-refractivity contribution in [2.24, 2.45) is 7.05 Å². The van der Waals surface area contributed by atoms with Gasteiger partial charge in [-0.1, -0.05) is 30.3 Å². The molecule has 1 atom stereocenters. The Morgan fingerprint density at radius 2 is 1.80 bits per heavy atom. The Hall–Kier alpha value is -4.59. The number of aromatic nitrogens is 2. The maximum absolute atomic E-state index is 13.8. The quantitative estimate of drug-likeness (QED) is 0.377. The highest BCUT2D eigenvalue weighted by molar-refractivity contribution is 5.93. The molecule has 1 aromatic heterocycles. The first kappa shape index (κ1) is 25.7. The first-order valence-corrected chi connectivity index (χ1v) is 13.7. The van der Waals surface area contributed by atoms with E-state index in [1.54, 1.807) is 24.0 Å². The lowest BCUT2D eigenvalue weighted by Crippen LogP contribution is -2.41. The molecule has 1 unspecified atom stereocenters. The fraction of sp³-hybridized carbons (Fsp3) is 0.281. The lowest BCUT2D eigenvalue weighted by molar-refractivity contribution is -0.121. The molecular formula is C32H32N4O4. The minimum Gasteiger partial charge on any atom is -0.494 e. The third-order valence-corrected chi connectivity index (χ3v) is 7.53. The lowest BCUT2D eigenvalue weighted by atomic mass is 9.87. The van der Waals surface area contributed by atoms with Crippen molar-refractivity contribution in [1.82, 2.24) is 20.0 Å². The number of amides is 2. The molecule has 3 aromatic carbocycles. The Labute approximate surface area is 233 Å². The highest BCUT2D eigenvalue weighted by atomic mass is 16.5. The van der Waals surface area contributed by atoms with Crippen LogP contribution in [0.15, 0.2) is 79.0 Å². The van der Waals surface area contributed by atoms with Crippen LogP contribution in [0, 0.1) is 0 Å². The topological polar surface area (TPSA) is 85.7 Å². The van der Waals surface area contributed by atoms with Gasteiger partial charge in [0.2, 0.25) is 5.91 Å². The Bertz CT molecular complexity index is 1530. The number of carbonyl (C=O) groups is 2. The van der Waals surface area contributed by atoms with Crippen LogP contribution in [-0.2, 0) is 24.7 Å². The zero-order chi connectivity index (χ0) is 27.5. The van der Waals surface area contributed by atoms with Gasteiger partial charge in [-0.05, 0) is 84.0 Å². The van der Waals surface area contributed by atoms with Gasteiger partial charge >= 0.3 is 0 Å². The van der Waals surface area contributed by atoms with Gasteiger partial charge in [-0.15, -0.1) is 0 Å². The van der Waals surface area contributed by atoms with Crippen molar-refractivity contribution >= 4 is 11.8 Å². The van der Waals surface area contributed by atoms with E-state index >= 15 is 0 Å². The summed E-state index contributed by atoms with van der Waals surface area (Å²) >= 11 is 0. The van der Waals surface area contributed by atoms with Crippen LogP contribution in [0.25, 0.3) is 0 Å². The third kappa shape index (κ3) is 5.43. The minimum absolute atomic E-state index is 0.0278. The van der Waals surface area contributed by atoms with E-state index in [-0.39, 0.29) is 17.9 Å². The molecule has 2 amide bonds. The van der Waals surface area contributed by atoms with Crippen LogP contribution < -0.4 is 14.8 Å². The number of nitrogens with zero attached hydrogens (tertiary/aromatic N) is 3. The van der Waals surface area contributed by atoms with Crippen LogP contribution in [0.4, 0.5) is 0 Å². The van der Waals surface area contributed by atoms with Crippen molar-refractivity contribution in [3.8, 4) is 17.2 Å². The van der Waals surface area contributed by atoms with Crippen molar-refractivity contribution in [3.05, 3.63) is 107 Å². The maximum Gasteiger partial charge on any atom is 0.272 e.